The van der Waals surface area contributed by atoms with Crippen LogP contribution in [0.1, 0.15) is 23.5 Å². The lowest BCUT2D eigenvalue weighted by Crippen LogP contribution is -2.29. The monoisotopic (exact) mass is 229 g/mol. The SMILES string of the molecule is CCNc1ncc(C(=O)NCC(C)O)s1. The van der Waals surface area contributed by atoms with Gasteiger partial charge in [0.2, 0.25) is 0 Å². The Morgan fingerprint density at radius 1 is 1.73 bits per heavy atom. The highest BCUT2D eigenvalue weighted by Gasteiger charge is 2.10. The highest BCUT2D eigenvalue weighted by Crippen LogP contribution is 2.17. The van der Waals surface area contributed by atoms with Crippen LogP contribution >= 0.6 is 11.3 Å². The van der Waals surface area contributed by atoms with Gasteiger partial charge in [0.25, 0.3) is 5.91 Å². The number of hydrogen-bond donors (Lipinski definition) is 3. The van der Waals surface area contributed by atoms with Crippen molar-refractivity contribution < 1.29 is 9.90 Å². The molecular formula is C9H15N3O2S. The summed E-state index contributed by atoms with van der Waals surface area (Å²) in [5, 5.41) is 15.4. The van der Waals surface area contributed by atoms with Gasteiger partial charge in [-0.1, -0.05) is 11.3 Å². The number of amides is 1. The second-order valence-corrected chi connectivity index (χ2v) is 4.15. The Morgan fingerprint density at radius 3 is 3.07 bits per heavy atom. The molecule has 1 amide bonds. The molecule has 0 aliphatic rings. The number of carbonyl (C=O) groups is 1. The molecule has 1 atom stereocenters. The van der Waals surface area contributed by atoms with Crippen molar-refractivity contribution in [2.24, 2.45) is 0 Å². The minimum absolute atomic E-state index is 0.197. The van der Waals surface area contributed by atoms with Crippen LogP contribution in [0.2, 0.25) is 0 Å². The standard InChI is InChI=1S/C9H15N3O2S/c1-3-10-9-12-5-7(15-9)8(14)11-4-6(2)13/h5-6,13H,3-4H2,1-2H3,(H,10,12)(H,11,14). The summed E-state index contributed by atoms with van der Waals surface area (Å²) >= 11 is 1.30. The molecule has 1 heterocycles. The average molecular weight is 229 g/mol. The molecule has 1 aromatic rings. The zero-order chi connectivity index (χ0) is 11.3. The molecule has 0 bridgehead atoms. The minimum Gasteiger partial charge on any atom is -0.392 e. The molecule has 0 radical (unpaired) electrons. The van der Waals surface area contributed by atoms with Crippen molar-refractivity contribution in [1.82, 2.24) is 10.3 Å². The first kappa shape index (κ1) is 11.9. The summed E-state index contributed by atoms with van der Waals surface area (Å²) in [5.74, 6) is -0.197. The van der Waals surface area contributed by atoms with E-state index in [2.05, 4.69) is 15.6 Å². The van der Waals surface area contributed by atoms with E-state index in [0.29, 0.717) is 4.88 Å². The number of anilines is 1. The predicted molar refractivity (Wildman–Crippen MR) is 60.3 cm³/mol. The van der Waals surface area contributed by atoms with Gasteiger partial charge in [-0.2, -0.15) is 0 Å². The first-order valence-electron chi connectivity index (χ1n) is 4.79. The van der Waals surface area contributed by atoms with E-state index in [1.54, 1.807) is 6.92 Å². The van der Waals surface area contributed by atoms with E-state index in [1.807, 2.05) is 6.92 Å². The smallest absolute Gasteiger partial charge is 0.263 e. The highest BCUT2D eigenvalue weighted by atomic mass is 32.1. The number of nitrogens with one attached hydrogen (secondary N) is 2. The van der Waals surface area contributed by atoms with Crippen molar-refractivity contribution in [2.75, 3.05) is 18.4 Å². The van der Waals surface area contributed by atoms with Crippen molar-refractivity contribution >= 4 is 22.4 Å². The third-order valence-electron chi connectivity index (χ3n) is 1.62. The number of aromatic nitrogens is 1. The van der Waals surface area contributed by atoms with Crippen LogP contribution in [0.3, 0.4) is 0 Å². The van der Waals surface area contributed by atoms with Crippen molar-refractivity contribution in [3.8, 4) is 0 Å². The topological polar surface area (TPSA) is 74.2 Å². The summed E-state index contributed by atoms with van der Waals surface area (Å²) in [4.78, 5) is 16.1. The Bertz CT molecular complexity index is 325. The minimum atomic E-state index is -0.532. The van der Waals surface area contributed by atoms with Crippen molar-refractivity contribution in [2.45, 2.75) is 20.0 Å². The summed E-state index contributed by atoms with van der Waals surface area (Å²) in [6.45, 7) is 4.63. The maximum atomic E-state index is 11.5. The van der Waals surface area contributed by atoms with E-state index in [-0.39, 0.29) is 12.5 Å². The van der Waals surface area contributed by atoms with Crippen LogP contribution < -0.4 is 10.6 Å². The zero-order valence-corrected chi connectivity index (χ0v) is 9.60. The summed E-state index contributed by atoms with van der Waals surface area (Å²) in [7, 11) is 0. The normalized spacial score (nSPS) is 12.2. The molecule has 84 valence electrons. The molecule has 0 aliphatic heterocycles. The number of hydrogen-bond acceptors (Lipinski definition) is 5. The molecule has 1 unspecified atom stereocenters. The summed E-state index contributed by atoms with van der Waals surface area (Å²) in [5.41, 5.74) is 0. The van der Waals surface area contributed by atoms with Gasteiger partial charge in [0.15, 0.2) is 5.13 Å². The summed E-state index contributed by atoms with van der Waals surface area (Å²) in [6.07, 6.45) is 0.996. The van der Waals surface area contributed by atoms with Crippen LogP contribution in [-0.4, -0.2) is 35.2 Å². The lowest BCUT2D eigenvalue weighted by molar-refractivity contribution is 0.0928. The number of aliphatic hydroxyl groups is 1. The molecule has 5 nitrogen and oxygen atoms in total. The molecule has 0 saturated carbocycles. The lowest BCUT2D eigenvalue weighted by atomic mass is 10.4. The maximum absolute atomic E-state index is 11.5. The van der Waals surface area contributed by atoms with E-state index in [4.69, 9.17) is 5.11 Å². The van der Waals surface area contributed by atoms with Gasteiger partial charge < -0.3 is 15.7 Å². The Labute approximate surface area is 92.5 Å². The van der Waals surface area contributed by atoms with Crippen LogP contribution in [0.5, 0.6) is 0 Å². The fourth-order valence-corrected chi connectivity index (χ4v) is 1.74. The number of rotatable bonds is 5. The van der Waals surface area contributed by atoms with Gasteiger partial charge in [0.05, 0.1) is 12.3 Å². The molecule has 0 aliphatic carbocycles. The zero-order valence-electron chi connectivity index (χ0n) is 8.78. The van der Waals surface area contributed by atoms with Crippen LogP contribution in [0.15, 0.2) is 6.20 Å². The Morgan fingerprint density at radius 2 is 2.47 bits per heavy atom. The van der Waals surface area contributed by atoms with Crippen LogP contribution in [-0.2, 0) is 0 Å². The van der Waals surface area contributed by atoms with Crippen LogP contribution in [0, 0.1) is 0 Å². The molecule has 0 aromatic carbocycles. The molecular weight excluding hydrogens is 214 g/mol. The second-order valence-electron chi connectivity index (χ2n) is 3.12. The highest BCUT2D eigenvalue weighted by molar-refractivity contribution is 7.17. The van der Waals surface area contributed by atoms with E-state index in [9.17, 15) is 4.79 Å². The number of thiazole rings is 1. The first-order chi connectivity index (χ1) is 7.13. The van der Waals surface area contributed by atoms with E-state index < -0.39 is 6.10 Å². The third-order valence-corrected chi connectivity index (χ3v) is 2.57. The van der Waals surface area contributed by atoms with Gasteiger partial charge in [-0.3, -0.25) is 4.79 Å². The quantitative estimate of drug-likeness (QED) is 0.694. The number of carbonyl (C=O) groups excluding carboxylic acids is 1. The number of aliphatic hydroxyl groups excluding tert-OH is 1. The van der Waals surface area contributed by atoms with Gasteiger partial charge in [0, 0.05) is 13.1 Å². The molecule has 0 saturated heterocycles. The maximum Gasteiger partial charge on any atom is 0.263 e. The molecule has 0 fully saturated rings. The van der Waals surface area contributed by atoms with Crippen molar-refractivity contribution in [3.05, 3.63) is 11.1 Å². The van der Waals surface area contributed by atoms with E-state index in [0.717, 1.165) is 11.7 Å². The second kappa shape index (κ2) is 5.67. The van der Waals surface area contributed by atoms with Crippen molar-refractivity contribution in [1.29, 1.82) is 0 Å². The van der Waals surface area contributed by atoms with Gasteiger partial charge >= 0.3 is 0 Å². The van der Waals surface area contributed by atoms with Crippen LogP contribution in [0.25, 0.3) is 0 Å². The van der Waals surface area contributed by atoms with Crippen molar-refractivity contribution in [3.63, 3.8) is 0 Å². The molecule has 1 rings (SSSR count). The Hall–Kier alpha value is -1.14. The summed E-state index contributed by atoms with van der Waals surface area (Å²) < 4.78 is 0. The van der Waals surface area contributed by atoms with Gasteiger partial charge in [-0.15, -0.1) is 0 Å². The third kappa shape index (κ3) is 3.85. The lowest BCUT2D eigenvalue weighted by Gasteiger charge is -2.04. The van der Waals surface area contributed by atoms with E-state index in [1.165, 1.54) is 17.5 Å². The molecule has 15 heavy (non-hydrogen) atoms. The first-order valence-corrected chi connectivity index (χ1v) is 5.61. The Kier molecular flexibility index (Phi) is 4.51. The predicted octanol–water partition coefficient (Wildman–Crippen LogP) is 0.685. The molecule has 6 heteroatoms. The van der Waals surface area contributed by atoms with E-state index >= 15 is 0 Å². The van der Waals surface area contributed by atoms with Gasteiger partial charge in [-0.25, -0.2) is 4.98 Å². The van der Waals surface area contributed by atoms with Gasteiger partial charge in [-0.05, 0) is 13.8 Å². The fourth-order valence-electron chi connectivity index (χ4n) is 0.940. The Balaban J connectivity index is 2.50. The molecule has 1 aromatic heterocycles. The molecule has 0 spiro atoms. The summed E-state index contributed by atoms with van der Waals surface area (Å²) in [6, 6.07) is 0. The number of nitrogens with zero attached hydrogens (tertiary/aromatic N) is 1. The fraction of sp³-hybridized carbons (Fsp3) is 0.556. The largest absolute Gasteiger partial charge is 0.392 e. The average Bonchev–Trinajstić information content (AvgIpc) is 2.63. The van der Waals surface area contributed by atoms with Crippen LogP contribution in [0.4, 0.5) is 5.13 Å². The molecule has 3 N–H and O–H groups in total. The van der Waals surface area contributed by atoms with Gasteiger partial charge in [0.1, 0.15) is 4.88 Å².